The predicted octanol–water partition coefficient (Wildman–Crippen LogP) is 2.58. The third-order valence-corrected chi connectivity index (χ3v) is 3.58. The molecule has 0 aliphatic carbocycles. The van der Waals surface area contributed by atoms with Gasteiger partial charge in [0, 0.05) is 17.9 Å². The summed E-state index contributed by atoms with van der Waals surface area (Å²) in [6.07, 6.45) is 4.15. The van der Waals surface area contributed by atoms with Gasteiger partial charge in [0.2, 0.25) is 0 Å². The Bertz CT molecular complexity index is 156. The molecule has 2 nitrogen and oxygen atoms in total. The molecule has 1 saturated heterocycles. The highest BCUT2D eigenvalue weighted by Gasteiger charge is 2.12. The molecule has 15 heavy (non-hydrogen) atoms. The van der Waals surface area contributed by atoms with E-state index in [1.165, 1.54) is 52.0 Å². The van der Waals surface area contributed by atoms with Crippen LogP contribution in [0.5, 0.6) is 0 Å². The number of likely N-dealkylation sites (tertiary alicyclic amines) is 1. The third-order valence-electron chi connectivity index (χ3n) is 3.22. The number of rotatable bonds is 7. The molecule has 0 bridgehead atoms. The SMILES string of the molecule is CC(C)N(CCBr)CCCN1CCCC1. The van der Waals surface area contributed by atoms with Gasteiger partial charge < -0.3 is 9.80 Å². The highest BCUT2D eigenvalue weighted by Crippen LogP contribution is 2.08. The second kappa shape index (κ2) is 7.64. The summed E-state index contributed by atoms with van der Waals surface area (Å²) in [6, 6.07) is 0.682. The first kappa shape index (κ1) is 13.5. The van der Waals surface area contributed by atoms with Crippen LogP contribution in [0.2, 0.25) is 0 Å². The number of nitrogens with zero attached hydrogens (tertiary/aromatic N) is 2. The summed E-state index contributed by atoms with van der Waals surface area (Å²) < 4.78 is 0. The van der Waals surface area contributed by atoms with E-state index in [-0.39, 0.29) is 0 Å². The number of hydrogen-bond acceptors (Lipinski definition) is 2. The zero-order chi connectivity index (χ0) is 11.1. The van der Waals surface area contributed by atoms with Gasteiger partial charge in [-0.15, -0.1) is 0 Å². The molecule has 0 radical (unpaired) electrons. The summed E-state index contributed by atoms with van der Waals surface area (Å²) in [5.41, 5.74) is 0. The van der Waals surface area contributed by atoms with Gasteiger partial charge in [-0.2, -0.15) is 0 Å². The molecule has 1 rings (SSSR count). The van der Waals surface area contributed by atoms with Crippen molar-refractivity contribution in [3.63, 3.8) is 0 Å². The minimum atomic E-state index is 0.682. The average molecular weight is 277 g/mol. The van der Waals surface area contributed by atoms with E-state index in [0.29, 0.717) is 6.04 Å². The Morgan fingerprint density at radius 3 is 2.40 bits per heavy atom. The molecule has 0 N–H and O–H groups in total. The zero-order valence-corrected chi connectivity index (χ0v) is 11.8. The minimum Gasteiger partial charge on any atom is -0.303 e. The lowest BCUT2D eigenvalue weighted by Gasteiger charge is -2.26. The monoisotopic (exact) mass is 276 g/mol. The molecule has 0 aromatic rings. The van der Waals surface area contributed by atoms with Crippen molar-refractivity contribution >= 4 is 15.9 Å². The van der Waals surface area contributed by atoms with Crippen LogP contribution in [0.4, 0.5) is 0 Å². The molecule has 0 atom stereocenters. The lowest BCUT2D eigenvalue weighted by Crippen LogP contribution is -2.35. The highest BCUT2D eigenvalue weighted by molar-refractivity contribution is 9.09. The number of alkyl halides is 1. The molecular weight excluding hydrogens is 252 g/mol. The van der Waals surface area contributed by atoms with Crippen LogP contribution in [0, 0.1) is 0 Å². The first-order valence-electron chi connectivity index (χ1n) is 6.26. The van der Waals surface area contributed by atoms with E-state index < -0.39 is 0 Å². The van der Waals surface area contributed by atoms with E-state index in [0.717, 1.165) is 5.33 Å². The van der Waals surface area contributed by atoms with Crippen molar-refractivity contribution in [1.82, 2.24) is 9.80 Å². The third kappa shape index (κ3) is 5.32. The summed E-state index contributed by atoms with van der Waals surface area (Å²) in [5, 5.41) is 1.09. The van der Waals surface area contributed by atoms with E-state index in [1.54, 1.807) is 0 Å². The highest BCUT2D eigenvalue weighted by atomic mass is 79.9. The Morgan fingerprint density at radius 2 is 1.87 bits per heavy atom. The molecule has 1 aliphatic rings. The van der Waals surface area contributed by atoms with E-state index in [4.69, 9.17) is 0 Å². The zero-order valence-electron chi connectivity index (χ0n) is 10.2. The maximum atomic E-state index is 3.52. The quantitative estimate of drug-likeness (QED) is 0.660. The van der Waals surface area contributed by atoms with Gasteiger partial charge >= 0.3 is 0 Å². The van der Waals surface area contributed by atoms with Crippen LogP contribution in [-0.2, 0) is 0 Å². The van der Waals surface area contributed by atoms with Crippen molar-refractivity contribution in [2.75, 3.05) is 38.1 Å². The summed E-state index contributed by atoms with van der Waals surface area (Å²) in [5.74, 6) is 0. The lowest BCUT2D eigenvalue weighted by atomic mass is 10.3. The van der Waals surface area contributed by atoms with Gasteiger partial charge in [-0.3, -0.25) is 0 Å². The fraction of sp³-hybridized carbons (Fsp3) is 1.00. The van der Waals surface area contributed by atoms with E-state index in [1.807, 2.05) is 0 Å². The summed E-state index contributed by atoms with van der Waals surface area (Å²) >= 11 is 3.52. The molecule has 1 fully saturated rings. The van der Waals surface area contributed by atoms with Crippen molar-refractivity contribution in [2.45, 2.75) is 39.2 Å². The van der Waals surface area contributed by atoms with Crippen molar-refractivity contribution in [3.05, 3.63) is 0 Å². The summed E-state index contributed by atoms with van der Waals surface area (Å²) in [7, 11) is 0. The largest absolute Gasteiger partial charge is 0.303 e. The fourth-order valence-corrected chi connectivity index (χ4v) is 2.70. The molecule has 0 unspecified atom stereocenters. The molecule has 1 heterocycles. The van der Waals surface area contributed by atoms with Gasteiger partial charge in [0.15, 0.2) is 0 Å². The smallest absolute Gasteiger partial charge is 0.0159 e. The van der Waals surface area contributed by atoms with E-state index in [9.17, 15) is 0 Å². The summed E-state index contributed by atoms with van der Waals surface area (Å²) in [6.45, 7) is 11.0. The normalized spacial score (nSPS) is 18.2. The van der Waals surface area contributed by atoms with E-state index >= 15 is 0 Å². The molecule has 1 aliphatic heterocycles. The Labute approximate surface area is 103 Å². The van der Waals surface area contributed by atoms with E-state index in [2.05, 4.69) is 39.6 Å². The van der Waals surface area contributed by atoms with Crippen LogP contribution >= 0.6 is 15.9 Å². The van der Waals surface area contributed by atoms with Gasteiger partial charge in [0.05, 0.1) is 0 Å². The predicted molar refractivity (Wildman–Crippen MR) is 70.8 cm³/mol. The Morgan fingerprint density at radius 1 is 1.20 bits per heavy atom. The molecule has 3 heteroatoms. The standard InChI is InChI=1S/C12H25BrN2/c1-12(2)15(11-6-13)10-5-9-14-7-3-4-8-14/h12H,3-11H2,1-2H3. The molecule has 0 aromatic heterocycles. The van der Waals surface area contributed by atoms with Crippen LogP contribution in [0.1, 0.15) is 33.1 Å². The first-order valence-corrected chi connectivity index (χ1v) is 7.38. The molecule has 0 amide bonds. The molecular formula is C12H25BrN2. The van der Waals surface area contributed by atoms with Gasteiger partial charge in [-0.1, -0.05) is 15.9 Å². The maximum absolute atomic E-state index is 3.52. The van der Waals surface area contributed by atoms with Crippen molar-refractivity contribution in [3.8, 4) is 0 Å². The van der Waals surface area contributed by atoms with Crippen molar-refractivity contribution < 1.29 is 0 Å². The number of halogens is 1. The Hall–Kier alpha value is 0.400. The second-order valence-electron chi connectivity index (χ2n) is 4.72. The second-order valence-corrected chi connectivity index (χ2v) is 5.51. The van der Waals surface area contributed by atoms with Gasteiger partial charge in [-0.25, -0.2) is 0 Å². The minimum absolute atomic E-state index is 0.682. The van der Waals surface area contributed by atoms with Crippen molar-refractivity contribution in [1.29, 1.82) is 0 Å². The average Bonchev–Trinajstić information content (AvgIpc) is 2.69. The molecule has 90 valence electrons. The molecule has 0 saturated carbocycles. The van der Waals surface area contributed by atoms with Gasteiger partial charge in [0.25, 0.3) is 0 Å². The van der Waals surface area contributed by atoms with Crippen LogP contribution in [-0.4, -0.2) is 53.9 Å². The maximum Gasteiger partial charge on any atom is 0.0159 e. The van der Waals surface area contributed by atoms with Crippen LogP contribution in [0.15, 0.2) is 0 Å². The van der Waals surface area contributed by atoms with Crippen LogP contribution in [0.25, 0.3) is 0 Å². The van der Waals surface area contributed by atoms with Crippen LogP contribution in [0.3, 0.4) is 0 Å². The Balaban J connectivity index is 2.09. The first-order chi connectivity index (χ1) is 7.24. The number of hydrogen-bond donors (Lipinski definition) is 0. The lowest BCUT2D eigenvalue weighted by molar-refractivity contribution is 0.216. The van der Waals surface area contributed by atoms with Gasteiger partial charge in [0.1, 0.15) is 0 Å². The van der Waals surface area contributed by atoms with Gasteiger partial charge in [-0.05, 0) is 59.3 Å². The summed E-state index contributed by atoms with van der Waals surface area (Å²) in [4.78, 5) is 5.16. The molecule has 0 aromatic carbocycles. The molecule has 0 spiro atoms. The fourth-order valence-electron chi connectivity index (χ4n) is 2.24. The Kier molecular flexibility index (Phi) is 6.86. The van der Waals surface area contributed by atoms with Crippen LogP contribution < -0.4 is 0 Å². The van der Waals surface area contributed by atoms with Crippen molar-refractivity contribution in [2.24, 2.45) is 0 Å². The topological polar surface area (TPSA) is 6.48 Å².